The molecule has 0 aliphatic rings. The van der Waals surface area contributed by atoms with Gasteiger partial charge in [0, 0.05) is 10.9 Å². The monoisotopic (exact) mass is 265 g/mol. The zero-order chi connectivity index (χ0) is 10.7. The Hall–Kier alpha value is -1.16. The molecule has 0 saturated heterocycles. The predicted molar refractivity (Wildman–Crippen MR) is 62.7 cm³/mol. The summed E-state index contributed by atoms with van der Waals surface area (Å²) in [5.41, 5.74) is 1.30. The van der Waals surface area contributed by atoms with Crippen LogP contribution in [0.2, 0.25) is 0 Å². The van der Waals surface area contributed by atoms with Crippen molar-refractivity contribution in [3.05, 3.63) is 46.0 Å². The maximum atomic E-state index is 4.27. The minimum absolute atomic E-state index is 0.874. The summed E-state index contributed by atoms with van der Waals surface area (Å²) >= 11 is 3.46. The number of nitrogens with zero attached hydrogens (tertiary/aromatic N) is 2. The Morgan fingerprint density at radius 1 is 1.33 bits per heavy atom. The fourth-order valence-electron chi connectivity index (χ4n) is 1.45. The number of rotatable bonds is 3. The van der Waals surface area contributed by atoms with Gasteiger partial charge in [-0.1, -0.05) is 28.1 Å². The van der Waals surface area contributed by atoms with Crippen LogP contribution in [-0.4, -0.2) is 15.2 Å². The van der Waals surface area contributed by atoms with Gasteiger partial charge in [-0.15, -0.1) is 0 Å². The van der Waals surface area contributed by atoms with Crippen molar-refractivity contribution >= 4 is 15.9 Å². The first-order valence-corrected chi connectivity index (χ1v) is 5.65. The van der Waals surface area contributed by atoms with Crippen LogP contribution in [0.4, 0.5) is 0 Å². The van der Waals surface area contributed by atoms with Crippen LogP contribution in [0.1, 0.15) is 17.2 Å². The zero-order valence-electron chi connectivity index (χ0n) is 8.50. The summed E-state index contributed by atoms with van der Waals surface area (Å²) in [5, 5.41) is 6.95. The van der Waals surface area contributed by atoms with E-state index < -0.39 is 0 Å². The van der Waals surface area contributed by atoms with Gasteiger partial charge in [0.15, 0.2) is 5.82 Å². The lowest BCUT2D eigenvalue weighted by atomic mass is 10.1. The number of H-pyrrole nitrogens is 1. The second-order valence-corrected chi connectivity index (χ2v) is 4.38. The molecule has 2 aromatic rings. The molecule has 0 bridgehead atoms. The normalized spacial score (nSPS) is 10.5. The standard InChI is InChI=1S/C11H12BrN3/c1-8-13-11(15-14-8)6-5-9-3-2-4-10(12)7-9/h2-4,7H,5-6H2,1H3,(H,13,14,15). The highest BCUT2D eigenvalue weighted by Gasteiger charge is 2.00. The summed E-state index contributed by atoms with van der Waals surface area (Å²) in [7, 11) is 0. The molecule has 0 aliphatic carbocycles. The average molecular weight is 266 g/mol. The molecule has 3 nitrogen and oxygen atoms in total. The molecule has 15 heavy (non-hydrogen) atoms. The molecule has 1 aromatic heterocycles. The summed E-state index contributed by atoms with van der Waals surface area (Å²) in [6, 6.07) is 8.31. The summed E-state index contributed by atoms with van der Waals surface area (Å²) in [6.45, 7) is 1.91. The number of hydrogen-bond donors (Lipinski definition) is 1. The number of aryl methyl sites for hydroxylation is 3. The van der Waals surface area contributed by atoms with Crippen LogP contribution in [0.15, 0.2) is 28.7 Å². The van der Waals surface area contributed by atoms with Crippen LogP contribution in [0.5, 0.6) is 0 Å². The Balaban J connectivity index is 1.99. The van der Waals surface area contributed by atoms with Gasteiger partial charge in [-0.05, 0) is 31.0 Å². The highest BCUT2D eigenvalue weighted by Crippen LogP contribution is 2.12. The van der Waals surface area contributed by atoms with E-state index in [0.717, 1.165) is 29.0 Å². The van der Waals surface area contributed by atoms with Gasteiger partial charge in [0.2, 0.25) is 0 Å². The SMILES string of the molecule is Cc1nc(CCc2cccc(Br)c2)n[nH]1. The van der Waals surface area contributed by atoms with Crippen LogP contribution < -0.4 is 0 Å². The number of aromatic amines is 1. The second-order valence-electron chi connectivity index (χ2n) is 3.47. The van der Waals surface area contributed by atoms with Crippen LogP contribution in [0, 0.1) is 6.92 Å². The molecule has 0 spiro atoms. The van der Waals surface area contributed by atoms with Crippen LogP contribution in [-0.2, 0) is 12.8 Å². The van der Waals surface area contributed by atoms with Crippen LogP contribution in [0.3, 0.4) is 0 Å². The molecule has 0 fully saturated rings. The molecule has 1 heterocycles. The molecule has 0 unspecified atom stereocenters. The van der Waals surface area contributed by atoms with E-state index in [4.69, 9.17) is 0 Å². The minimum Gasteiger partial charge on any atom is -0.263 e. The molecule has 4 heteroatoms. The fourth-order valence-corrected chi connectivity index (χ4v) is 1.90. The third-order valence-corrected chi connectivity index (χ3v) is 2.66. The largest absolute Gasteiger partial charge is 0.263 e. The summed E-state index contributed by atoms with van der Waals surface area (Å²) < 4.78 is 1.12. The lowest BCUT2D eigenvalue weighted by Crippen LogP contribution is -1.93. The highest BCUT2D eigenvalue weighted by atomic mass is 79.9. The Morgan fingerprint density at radius 2 is 2.20 bits per heavy atom. The Morgan fingerprint density at radius 3 is 2.87 bits per heavy atom. The van der Waals surface area contributed by atoms with Gasteiger partial charge in [-0.3, -0.25) is 5.10 Å². The van der Waals surface area contributed by atoms with E-state index in [2.05, 4.69) is 43.2 Å². The number of halogens is 1. The van der Waals surface area contributed by atoms with E-state index in [9.17, 15) is 0 Å². The highest BCUT2D eigenvalue weighted by molar-refractivity contribution is 9.10. The number of aromatic nitrogens is 3. The molecule has 0 aliphatic heterocycles. The third-order valence-electron chi connectivity index (χ3n) is 2.17. The Kier molecular flexibility index (Phi) is 3.16. The van der Waals surface area contributed by atoms with Crippen molar-refractivity contribution in [1.29, 1.82) is 0 Å². The van der Waals surface area contributed by atoms with Gasteiger partial charge in [0.1, 0.15) is 5.82 Å². The quantitative estimate of drug-likeness (QED) is 0.927. The summed E-state index contributed by atoms with van der Waals surface area (Å²) in [6.07, 6.45) is 1.84. The minimum atomic E-state index is 0.874. The van der Waals surface area contributed by atoms with Gasteiger partial charge in [-0.2, -0.15) is 5.10 Å². The lowest BCUT2D eigenvalue weighted by molar-refractivity contribution is 0.864. The molecule has 0 saturated carbocycles. The molecule has 0 atom stereocenters. The van der Waals surface area contributed by atoms with E-state index in [0.29, 0.717) is 0 Å². The van der Waals surface area contributed by atoms with Crippen LogP contribution in [0.25, 0.3) is 0 Å². The van der Waals surface area contributed by atoms with E-state index in [1.54, 1.807) is 0 Å². The van der Waals surface area contributed by atoms with E-state index in [1.807, 2.05) is 19.1 Å². The van der Waals surface area contributed by atoms with Gasteiger partial charge in [0.05, 0.1) is 0 Å². The topological polar surface area (TPSA) is 41.6 Å². The Labute approximate surface area is 97.1 Å². The first-order chi connectivity index (χ1) is 7.24. The summed E-state index contributed by atoms with van der Waals surface area (Å²) in [4.78, 5) is 4.27. The maximum absolute atomic E-state index is 4.27. The molecule has 2 rings (SSSR count). The third kappa shape index (κ3) is 2.89. The predicted octanol–water partition coefficient (Wildman–Crippen LogP) is 2.66. The van der Waals surface area contributed by atoms with Crippen molar-refractivity contribution in [1.82, 2.24) is 15.2 Å². The van der Waals surface area contributed by atoms with Gasteiger partial charge < -0.3 is 0 Å². The molecule has 0 amide bonds. The molecular formula is C11H12BrN3. The van der Waals surface area contributed by atoms with E-state index in [1.165, 1.54) is 5.56 Å². The van der Waals surface area contributed by atoms with Crippen LogP contribution >= 0.6 is 15.9 Å². The zero-order valence-corrected chi connectivity index (χ0v) is 10.1. The smallest absolute Gasteiger partial charge is 0.151 e. The Bertz CT molecular complexity index is 451. The molecule has 1 N–H and O–H groups in total. The molecule has 0 radical (unpaired) electrons. The van der Waals surface area contributed by atoms with Gasteiger partial charge >= 0.3 is 0 Å². The van der Waals surface area contributed by atoms with Gasteiger partial charge in [-0.25, -0.2) is 4.98 Å². The molecule has 1 aromatic carbocycles. The second kappa shape index (κ2) is 4.57. The van der Waals surface area contributed by atoms with Crippen molar-refractivity contribution < 1.29 is 0 Å². The van der Waals surface area contributed by atoms with Crippen molar-refractivity contribution in [3.8, 4) is 0 Å². The maximum Gasteiger partial charge on any atom is 0.151 e. The average Bonchev–Trinajstić information content (AvgIpc) is 2.62. The number of nitrogens with one attached hydrogen (secondary N) is 1. The van der Waals surface area contributed by atoms with Gasteiger partial charge in [0.25, 0.3) is 0 Å². The summed E-state index contributed by atoms with van der Waals surface area (Å²) in [5.74, 6) is 1.76. The van der Waals surface area contributed by atoms with Crippen molar-refractivity contribution in [2.45, 2.75) is 19.8 Å². The van der Waals surface area contributed by atoms with Crippen molar-refractivity contribution in [2.24, 2.45) is 0 Å². The van der Waals surface area contributed by atoms with E-state index in [-0.39, 0.29) is 0 Å². The molecule has 78 valence electrons. The number of hydrogen-bond acceptors (Lipinski definition) is 2. The fraction of sp³-hybridized carbons (Fsp3) is 0.273. The van der Waals surface area contributed by atoms with Crippen molar-refractivity contribution in [2.75, 3.05) is 0 Å². The van der Waals surface area contributed by atoms with E-state index >= 15 is 0 Å². The molecular weight excluding hydrogens is 254 g/mol. The first-order valence-electron chi connectivity index (χ1n) is 4.86. The number of benzene rings is 1. The lowest BCUT2D eigenvalue weighted by Gasteiger charge is -1.98. The van der Waals surface area contributed by atoms with Crippen molar-refractivity contribution in [3.63, 3.8) is 0 Å². The first kappa shape index (κ1) is 10.4.